The summed E-state index contributed by atoms with van der Waals surface area (Å²) in [4.78, 5) is 26.4. The zero-order valence-electron chi connectivity index (χ0n) is 15.9. The number of aromatic nitrogens is 3. The highest BCUT2D eigenvalue weighted by Crippen LogP contribution is 2.26. The van der Waals surface area contributed by atoms with E-state index in [2.05, 4.69) is 10.2 Å². The van der Waals surface area contributed by atoms with Gasteiger partial charge in [-0.05, 0) is 43.0 Å². The molecule has 1 aromatic heterocycles. The van der Waals surface area contributed by atoms with E-state index < -0.39 is 23.2 Å². The van der Waals surface area contributed by atoms with E-state index in [0.717, 1.165) is 0 Å². The number of piperidine rings is 1. The molecule has 4 rings (SSSR count). The summed E-state index contributed by atoms with van der Waals surface area (Å²) in [6, 6.07) is 10.2. The van der Waals surface area contributed by atoms with Crippen LogP contribution in [0.15, 0.2) is 47.3 Å². The highest BCUT2D eigenvalue weighted by molar-refractivity contribution is 6.33. The standard InChI is InChI=1S/C21H19ClF2N4O2/c22-14-4-3-6-16(24)19(14)20(29)27-10-8-13(9-11-27)12-18-25-26-21(30)28(18)17-7-2-1-5-15(17)23/h1-7,13H,8-12H2,(H,26,30). The maximum Gasteiger partial charge on any atom is 0.348 e. The zero-order valence-corrected chi connectivity index (χ0v) is 16.7. The second kappa shape index (κ2) is 8.39. The van der Waals surface area contributed by atoms with Crippen molar-refractivity contribution < 1.29 is 13.6 Å². The van der Waals surface area contributed by atoms with Crippen molar-refractivity contribution in [3.05, 3.63) is 81.0 Å². The lowest BCUT2D eigenvalue weighted by Crippen LogP contribution is -2.39. The van der Waals surface area contributed by atoms with Crippen molar-refractivity contribution >= 4 is 17.5 Å². The molecule has 1 aliphatic heterocycles. The van der Waals surface area contributed by atoms with Crippen LogP contribution in [0.4, 0.5) is 8.78 Å². The number of amides is 1. The molecule has 1 aliphatic rings. The van der Waals surface area contributed by atoms with Gasteiger partial charge in [-0.15, -0.1) is 0 Å². The Morgan fingerprint density at radius 2 is 1.80 bits per heavy atom. The zero-order chi connectivity index (χ0) is 21.3. The number of halogens is 3. The van der Waals surface area contributed by atoms with Crippen LogP contribution in [-0.4, -0.2) is 38.7 Å². The molecule has 2 heterocycles. The van der Waals surface area contributed by atoms with E-state index in [0.29, 0.717) is 38.2 Å². The summed E-state index contributed by atoms with van der Waals surface area (Å²) in [5, 5.41) is 6.54. The summed E-state index contributed by atoms with van der Waals surface area (Å²) in [5.74, 6) is -0.998. The summed E-state index contributed by atoms with van der Waals surface area (Å²) in [7, 11) is 0. The summed E-state index contributed by atoms with van der Waals surface area (Å²) in [6.45, 7) is 0.866. The SMILES string of the molecule is O=C(c1c(F)cccc1Cl)N1CCC(Cc2n[nH]c(=O)n2-c2ccccc2F)CC1. The van der Waals surface area contributed by atoms with Crippen molar-refractivity contribution in [2.45, 2.75) is 19.3 Å². The van der Waals surface area contributed by atoms with Crippen molar-refractivity contribution in [2.24, 2.45) is 5.92 Å². The molecule has 6 nitrogen and oxygen atoms in total. The van der Waals surface area contributed by atoms with Gasteiger partial charge in [0, 0.05) is 19.5 Å². The molecule has 1 amide bonds. The number of nitrogens with one attached hydrogen (secondary N) is 1. The fraction of sp³-hybridized carbons (Fsp3) is 0.286. The molecule has 0 saturated carbocycles. The monoisotopic (exact) mass is 432 g/mol. The average molecular weight is 433 g/mol. The van der Waals surface area contributed by atoms with Crippen molar-refractivity contribution in [2.75, 3.05) is 13.1 Å². The van der Waals surface area contributed by atoms with Gasteiger partial charge in [-0.3, -0.25) is 4.79 Å². The first-order valence-electron chi connectivity index (χ1n) is 9.60. The Labute approximate surface area is 176 Å². The highest BCUT2D eigenvalue weighted by atomic mass is 35.5. The van der Waals surface area contributed by atoms with Gasteiger partial charge in [-0.25, -0.2) is 23.2 Å². The van der Waals surface area contributed by atoms with E-state index in [1.165, 1.54) is 34.9 Å². The van der Waals surface area contributed by atoms with Crippen LogP contribution < -0.4 is 5.69 Å². The number of rotatable bonds is 4. The maximum absolute atomic E-state index is 14.2. The minimum atomic E-state index is -0.639. The van der Waals surface area contributed by atoms with E-state index >= 15 is 0 Å². The molecule has 156 valence electrons. The number of nitrogens with zero attached hydrogens (tertiary/aromatic N) is 3. The second-order valence-electron chi connectivity index (χ2n) is 7.27. The first kappa shape index (κ1) is 20.3. The maximum atomic E-state index is 14.2. The van der Waals surface area contributed by atoms with Crippen LogP contribution in [-0.2, 0) is 6.42 Å². The normalized spacial score (nSPS) is 14.8. The Hall–Kier alpha value is -3.00. The van der Waals surface area contributed by atoms with Crippen LogP contribution in [0.2, 0.25) is 5.02 Å². The highest BCUT2D eigenvalue weighted by Gasteiger charge is 2.28. The predicted molar refractivity (Wildman–Crippen MR) is 108 cm³/mol. The molecular weight excluding hydrogens is 414 g/mol. The fourth-order valence-corrected chi connectivity index (χ4v) is 4.05. The molecule has 0 atom stereocenters. The molecule has 2 aromatic carbocycles. The van der Waals surface area contributed by atoms with E-state index in [4.69, 9.17) is 11.6 Å². The number of hydrogen-bond donors (Lipinski definition) is 1. The minimum absolute atomic E-state index is 0.0903. The number of benzene rings is 2. The molecule has 9 heteroatoms. The fourth-order valence-electron chi connectivity index (χ4n) is 3.81. The van der Waals surface area contributed by atoms with Gasteiger partial charge in [0.2, 0.25) is 0 Å². The Morgan fingerprint density at radius 1 is 1.10 bits per heavy atom. The third-order valence-electron chi connectivity index (χ3n) is 5.38. The van der Waals surface area contributed by atoms with Crippen molar-refractivity contribution in [3.63, 3.8) is 0 Å². The van der Waals surface area contributed by atoms with Gasteiger partial charge in [-0.1, -0.05) is 29.8 Å². The largest absolute Gasteiger partial charge is 0.348 e. The van der Waals surface area contributed by atoms with E-state index in [1.54, 1.807) is 17.0 Å². The summed E-state index contributed by atoms with van der Waals surface area (Å²) < 4.78 is 29.5. The molecular formula is C21H19ClF2N4O2. The van der Waals surface area contributed by atoms with Crippen molar-refractivity contribution in [3.8, 4) is 5.69 Å². The summed E-state index contributed by atoms with van der Waals surface area (Å²) >= 11 is 6.01. The van der Waals surface area contributed by atoms with Gasteiger partial charge in [0.15, 0.2) is 0 Å². The van der Waals surface area contributed by atoms with Crippen LogP contribution in [0.3, 0.4) is 0 Å². The minimum Gasteiger partial charge on any atom is -0.338 e. The van der Waals surface area contributed by atoms with Gasteiger partial charge < -0.3 is 4.90 Å². The quantitative estimate of drug-likeness (QED) is 0.685. The van der Waals surface area contributed by atoms with Gasteiger partial charge in [0.25, 0.3) is 5.91 Å². The second-order valence-corrected chi connectivity index (χ2v) is 7.68. The van der Waals surface area contributed by atoms with Crippen LogP contribution in [0, 0.1) is 17.6 Å². The molecule has 0 unspecified atom stereocenters. The molecule has 0 bridgehead atoms. The molecule has 0 radical (unpaired) electrons. The third-order valence-corrected chi connectivity index (χ3v) is 5.70. The van der Waals surface area contributed by atoms with Crippen LogP contribution in [0.5, 0.6) is 0 Å². The number of likely N-dealkylation sites (tertiary alicyclic amines) is 1. The van der Waals surface area contributed by atoms with Crippen LogP contribution in [0.1, 0.15) is 29.0 Å². The van der Waals surface area contributed by atoms with E-state index in [1.807, 2.05) is 0 Å². The van der Waals surface area contributed by atoms with Gasteiger partial charge >= 0.3 is 5.69 Å². The first-order valence-corrected chi connectivity index (χ1v) is 9.98. The molecule has 0 spiro atoms. The lowest BCUT2D eigenvalue weighted by atomic mass is 9.92. The van der Waals surface area contributed by atoms with Crippen molar-refractivity contribution in [1.82, 2.24) is 19.7 Å². The van der Waals surface area contributed by atoms with E-state index in [-0.39, 0.29) is 22.2 Å². The number of carbonyl (C=O) groups excluding carboxylic acids is 1. The average Bonchev–Trinajstić information content (AvgIpc) is 3.08. The van der Waals surface area contributed by atoms with Gasteiger partial charge in [-0.2, -0.15) is 5.10 Å². The molecule has 1 fully saturated rings. The van der Waals surface area contributed by atoms with Crippen LogP contribution >= 0.6 is 11.6 Å². The number of aromatic amines is 1. The number of H-pyrrole nitrogens is 1. The lowest BCUT2D eigenvalue weighted by Gasteiger charge is -2.32. The molecule has 3 aromatic rings. The third kappa shape index (κ3) is 3.87. The van der Waals surface area contributed by atoms with Gasteiger partial charge in [0.1, 0.15) is 17.5 Å². The van der Waals surface area contributed by atoms with E-state index in [9.17, 15) is 18.4 Å². The van der Waals surface area contributed by atoms with Crippen LogP contribution in [0.25, 0.3) is 5.69 Å². The topological polar surface area (TPSA) is 71.0 Å². The first-order chi connectivity index (χ1) is 14.5. The Kier molecular flexibility index (Phi) is 5.67. The Bertz CT molecular complexity index is 1120. The Morgan fingerprint density at radius 3 is 2.50 bits per heavy atom. The van der Waals surface area contributed by atoms with Crippen molar-refractivity contribution in [1.29, 1.82) is 0 Å². The Balaban J connectivity index is 1.46. The number of carbonyl (C=O) groups is 1. The molecule has 1 saturated heterocycles. The molecule has 0 aliphatic carbocycles. The smallest absolute Gasteiger partial charge is 0.338 e. The summed E-state index contributed by atoms with van der Waals surface area (Å²) in [6.07, 6.45) is 1.75. The van der Waals surface area contributed by atoms with Gasteiger partial charge in [0.05, 0.1) is 16.3 Å². The lowest BCUT2D eigenvalue weighted by molar-refractivity contribution is 0.0685. The molecule has 1 N–H and O–H groups in total. The predicted octanol–water partition coefficient (Wildman–Crippen LogP) is 3.59. The summed E-state index contributed by atoms with van der Waals surface area (Å²) in [5.41, 5.74) is -0.469. The number of para-hydroxylation sites is 1. The molecule has 30 heavy (non-hydrogen) atoms. The number of hydrogen-bond acceptors (Lipinski definition) is 3.